The van der Waals surface area contributed by atoms with Gasteiger partial charge in [0.05, 0.1) is 11.0 Å². The summed E-state index contributed by atoms with van der Waals surface area (Å²) in [4.78, 5) is 29.8. The van der Waals surface area contributed by atoms with Gasteiger partial charge in [-0.1, -0.05) is 26.2 Å². The molecule has 4 rings (SSSR count). The molecule has 3 N–H and O–H groups in total. The standard InChI is InChI=1S/C29H32FN5O2/c1-4-5-6-7-19(2)31-29(37)34-24-13-11-23(12-14-24)33-28(36)21-8-17-26-27(18-21)35(20(3)32-26)25-15-9-22(30)10-16-25/h8-19H,4-7H2,1-3H3,(H,33,36)(H2,31,34,37). The first-order valence-electron chi connectivity index (χ1n) is 12.6. The number of amides is 3. The second-order valence-electron chi connectivity index (χ2n) is 9.20. The maximum Gasteiger partial charge on any atom is 0.319 e. The van der Waals surface area contributed by atoms with E-state index in [9.17, 15) is 14.0 Å². The van der Waals surface area contributed by atoms with Crippen LogP contribution < -0.4 is 16.0 Å². The highest BCUT2D eigenvalue weighted by Gasteiger charge is 2.14. The van der Waals surface area contributed by atoms with Gasteiger partial charge in [-0.15, -0.1) is 0 Å². The molecule has 0 saturated heterocycles. The van der Waals surface area contributed by atoms with Crippen molar-refractivity contribution in [2.24, 2.45) is 0 Å². The molecular weight excluding hydrogens is 469 g/mol. The Morgan fingerprint density at radius 2 is 1.62 bits per heavy atom. The van der Waals surface area contributed by atoms with Crippen LogP contribution in [0, 0.1) is 12.7 Å². The third kappa shape index (κ3) is 6.52. The average Bonchev–Trinajstić information content (AvgIpc) is 3.20. The van der Waals surface area contributed by atoms with Gasteiger partial charge in [-0.3, -0.25) is 9.36 Å². The number of nitrogens with zero attached hydrogens (tertiary/aromatic N) is 2. The van der Waals surface area contributed by atoms with E-state index in [2.05, 4.69) is 27.9 Å². The summed E-state index contributed by atoms with van der Waals surface area (Å²) < 4.78 is 15.3. The van der Waals surface area contributed by atoms with Crippen molar-refractivity contribution < 1.29 is 14.0 Å². The summed E-state index contributed by atoms with van der Waals surface area (Å²) in [5, 5.41) is 8.66. The van der Waals surface area contributed by atoms with Gasteiger partial charge in [-0.25, -0.2) is 14.2 Å². The number of imidazole rings is 1. The molecule has 0 spiro atoms. The van der Waals surface area contributed by atoms with Crippen LogP contribution in [0.4, 0.5) is 20.6 Å². The number of halogens is 1. The summed E-state index contributed by atoms with van der Waals surface area (Å²) in [6, 6.07) is 18.3. The molecule has 0 aliphatic carbocycles. The molecular formula is C29H32FN5O2. The predicted molar refractivity (Wildman–Crippen MR) is 146 cm³/mol. The lowest BCUT2D eigenvalue weighted by molar-refractivity contribution is 0.102. The Morgan fingerprint density at radius 3 is 2.30 bits per heavy atom. The van der Waals surface area contributed by atoms with Gasteiger partial charge in [0.1, 0.15) is 11.6 Å². The van der Waals surface area contributed by atoms with Crippen LogP contribution in [0.15, 0.2) is 66.7 Å². The van der Waals surface area contributed by atoms with Crippen molar-refractivity contribution in [3.05, 3.63) is 83.9 Å². The number of anilines is 2. The fourth-order valence-corrected chi connectivity index (χ4v) is 4.26. The number of rotatable bonds is 9. The number of hydrogen-bond donors (Lipinski definition) is 3. The number of fused-ring (bicyclic) bond motifs is 1. The molecule has 1 unspecified atom stereocenters. The van der Waals surface area contributed by atoms with Gasteiger partial charge in [0.15, 0.2) is 0 Å². The van der Waals surface area contributed by atoms with E-state index in [1.807, 2.05) is 18.4 Å². The Morgan fingerprint density at radius 1 is 0.946 bits per heavy atom. The van der Waals surface area contributed by atoms with Crippen molar-refractivity contribution in [3.63, 3.8) is 0 Å². The van der Waals surface area contributed by atoms with Crippen molar-refractivity contribution in [1.82, 2.24) is 14.9 Å². The lowest BCUT2D eigenvalue weighted by atomic mass is 10.1. The van der Waals surface area contributed by atoms with E-state index in [1.165, 1.54) is 12.1 Å². The zero-order valence-corrected chi connectivity index (χ0v) is 21.3. The number of urea groups is 1. The number of aryl methyl sites for hydroxylation is 1. The second kappa shape index (κ2) is 11.7. The number of benzene rings is 3. The number of carbonyl (C=O) groups excluding carboxylic acids is 2. The van der Waals surface area contributed by atoms with Gasteiger partial charge in [0.25, 0.3) is 5.91 Å². The predicted octanol–water partition coefficient (Wildman–Crippen LogP) is 6.82. The van der Waals surface area contributed by atoms with Crippen molar-refractivity contribution in [1.29, 1.82) is 0 Å². The van der Waals surface area contributed by atoms with Crippen LogP contribution in [0.5, 0.6) is 0 Å². The molecule has 192 valence electrons. The van der Waals surface area contributed by atoms with Crippen molar-refractivity contribution in [3.8, 4) is 5.69 Å². The molecule has 1 heterocycles. The summed E-state index contributed by atoms with van der Waals surface area (Å²) in [7, 11) is 0. The molecule has 3 aromatic carbocycles. The summed E-state index contributed by atoms with van der Waals surface area (Å²) >= 11 is 0. The minimum Gasteiger partial charge on any atom is -0.335 e. The van der Waals surface area contributed by atoms with E-state index in [1.54, 1.807) is 54.6 Å². The first-order chi connectivity index (χ1) is 17.8. The van der Waals surface area contributed by atoms with E-state index in [0.29, 0.717) is 16.9 Å². The Kier molecular flexibility index (Phi) is 8.18. The fraction of sp³-hybridized carbons (Fsp3) is 0.276. The fourth-order valence-electron chi connectivity index (χ4n) is 4.26. The van der Waals surface area contributed by atoms with Crippen molar-refractivity contribution in [2.45, 2.75) is 52.5 Å². The summed E-state index contributed by atoms with van der Waals surface area (Å²) in [5.74, 6) is 0.150. The lowest BCUT2D eigenvalue weighted by Gasteiger charge is -2.14. The van der Waals surface area contributed by atoms with Gasteiger partial charge < -0.3 is 16.0 Å². The highest BCUT2D eigenvalue weighted by atomic mass is 19.1. The Balaban J connectivity index is 1.41. The number of aromatic nitrogens is 2. The Hall–Kier alpha value is -4.20. The molecule has 1 aromatic heterocycles. The van der Waals surface area contributed by atoms with Gasteiger partial charge in [-0.2, -0.15) is 0 Å². The van der Waals surface area contributed by atoms with Crippen LogP contribution in [-0.2, 0) is 0 Å². The highest BCUT2D eigenvalue weighted by molar-refractivity contribution is 6.06. The minimum absolute atomic E-state index is 0.102. The van der Waals surface area contributed by atoms with E-state index in [0.717, 1.165) is 48.2 Å². The lowest BCUT2D eigenvalue weighted by Crippen LogP contribution is -2.36. The van der Waals surface area contributed by atoms with Crippen LogP contribution in [-0.4, -0.2) is 27.5 Å². The van der Waals surface area contributed by atoms with Crippen LogP contribution in [0.1, 0.15) is 55.7 Å². The molecule has 37 heavy (non-hydrogen) atoms. The van der Waals surface area contributed by atoms with Gasteiger partial charge >= 0.3 is 6.03 Å². The summed E-state index contributed by atoms with van der Waals surface area (Å²) in [6.07, 6.45) is 4.35. The number of carbonyl (C=O) groups is 2. The molecule has 7 nitrogen and oxygen atoms in total. The average molecular weight is 502 g/mol. The topological polar surface area (TPSA) is 88.1 Å². The van der Waals surface area contributed by atoms with Crippen LogP contribution in [0.25, 0.3) is 16.7 Å². The quantitative estimate of drug-likeness (QED) is 0.220. The number of hydrogen-bond acceptors (Lipinski definition) is 3. The summed E-state index contributed by atoms with van der Waals surface area (Å²) in [5.41, 5.74) is 3.97. The molecule has 4 aromatic rings. The maximum atomic E-state index is 13.4. The first-order valence-corrected chi connectivity index (χ1v) is 12.6. The molecule has 0 aliphatic heterocycles. The number of unbranched alkanes of at least 4 members (excludes halogenated alkanes) is 2. The monoisotopic (exact) mass is 501 g/mol. The molecule has 8 heteroatoms. The van der Waals surface area contributed by atoms with E-state index < -0.39 is 0 Å². The van der Waals surface area contributed by atoms with Crippen LogP contribution in [0.2, 0.25) is 0 Å². The zero-order chi connectivity index (χ0) is 26.4. The normalized spacial score (nSPS) is 11.8. The molecule has 0 radical (unpaired) electrons. The first kappa shape index (κ1) is 25.9. The van der Waals surface area contributed by atoms with E-state index >= 15 is 0 Å². The highest BCUT2D eigenvalue weighted by Crippen LogP contribution is 2.23. The van der Waals surface area contributed by atoms with Crippen LogP contribution >= 0.6 is 0 Å². The van der Waals surface area contributed by atoms with Gasteiger partial charge in [0, 0.05) is 28.7 Å². The Labute approximate surface area is 216 Å². The smallest absolute Gasteiger partial charge is 0.319 e. The minimum atomic E-state index is -0.315. The Bertz CT molecular complexity index is 1380. The molecule has 1 atom stereocenters. The SMILES string of the molecule is CCCCCC(C)NC(=O)Nc1ccc(NC(=O)c2ccc3nc(C)n(-c4ccc(F)cc4)c3c2)cc1. The van der Waals surface area contributed by atoms with E-state index in [-0.39, 0.29) is 23.8 Å². The third-order valence-electron chi connectivity index (χ3n) is 6.19. The molecule has 0 fully saturated rings. The second-order valence-corrected chi connectivity index (χ2v) is 9.20. The third-order valence-corrected chi connectivity index (χ3v) is 6.19. The maximum absolute atomic E-state index is 13.4. The molecule has 0 aliphatic rings. The zero-order valence-electron chi connectivity index (χ0n) is 21.3. The molecule has 0 saturated carbocycles. The van der Waals surface area contributed by atoms with Gasteiger partial charge in [0.2, 0.25) is 0 Å². The van der Waals surface area contributed by atoms with Crippen LogP contribution in [0.3, 0.4) is 0 Å². The summed E-state index contributed by atoms with van der Waals surface area (Å²) in [6.45, 7) is 6.02. The van der Waals surface area contributed by atoms with Crippen molar-refractivity contribution in [2.75, 3.05) is 10.6 Å². The number of nitrogens with one attached hydrogen (secondary N) is 3. The van der Waals surface area contributed by atoms with Gasteiger partial charge in [-0.05, 0) is 87.0 Å². The largest absolute Gasteiger partial charge is 0.335 e. The van der Waals surface area contributed by atoms with E-state index in [4.69, 9.17) is 0 Å². The molecule has 3 amide bonds. The van der Waals surface area contributed by atoms with Crippen molar-refractivity contribution >= 4 is 34.3 Å². The molecule has 0 bridgehead atoms.